The van der Waals surface area contributed by atoms with Crippen molar-refractivity contribution in [3.8, 4) is 16.9 Å². The fraction of sp³-hybridized carbons (Fsp3) is 0.211. The molecule has 0 saturated carbocycles. The summed E-state index contributed by atoms with van der Waals surface area (Å²) in [7, 11) is 0. The number of hydrogen-bond donors (Lipinski definition) is 1. The van der Waals surface area contributed by atoms with Crippen molar-refractivity contribution in [3.63, 3.8) is 0 Å². The van der Waals surface area contributed by atoms with Crippen molar-refractivity contribution in [1.82, 2.24) is 9.78 Å². The van der Waals surface area contributed by atoms with Crippen molar-refractivity contribution in [3.05, 3.63) is 70.8 Å². The van der Waals surface area contributed by atoms with Crippen molar-refractivity contribution in [2.24, 2.45) is 16.1 Å². The van der Waals surface area contributed by atoms with Crippen LogP contribution >= 0.6 is 0 Å². The summed E-state index contributed by atoms with van der Waals surface area (Å²) < 4.78 is 15.6. The highest BCUT2D eigenvalue weighted by Crippen LogP contribution is 2.29. The van der Waals surface area contributed by atoms with Crippen molar-refractivity contribution in [2.75, 3.05) is 6.54 Å². The molecule has 0 amide bonds. The Hall–Kier alpha value is -3.02. The molecule has 1 heterocycles. The first-order chi connectivity index (χ1) is 12.1. The van der Waals surface area contributed by atoms with E-state index < -0.39 is 5.82 Å². The molecule has 3 rings (SSSR count). The number of rotatable bonds is 5. The average molecular weight is 338 g/mol. The molecule has 0 radical (unpaired) electrons. The van der Waals surface area contributed by atoms with Gasteiger partial charge in [-0.25, -0.2) is 9.07 Å². The van der Waals surface area contributed by atoms with E-state index in [0.29, 0.717) is 23.8 Å². The highest BCUT2D eigenvalue weighted by Gasteiger charge is 2.19. The van der Waals surface area contributed by atoms with Crippen LogP contribution in [-0.2, 0) is 0 Å². The number of nitrogens with one attached hydrogen (secondary N) is 1. The smallest absolute Gasteiger partial charge is 0.288 e. The Bertz CT molecular complexity index is 942. The first-order valence-corrected chi connectivity index (χ1v) is 8.10. The molecule has 3 aromatic rings. The number of halogens is 1. The third-order valence-electron chi connectivity index (χ3n) is 3.64. The molecular weight excluding hydrogens is 319 g/mol. The maximum absolute atomic E-state index is 14.2. The Morgan fingerprint density at radius 3 is 2.44 bits per heavy atom. The fourth-order valence-corrected chi connectivity index (χ4v) is 2.41. The zero-order valence-corrected chi connectivity index (χ0v) is 14.1. The molecule has 0 aliphatic rings. The maximum atomic E-state index is 14.2. The highest BCUT2D eigenvalue weighted by atomic mass is 19.1. The molecule has 0 atom stereocenters. The maximum Gasteiger partial charge on any atom is 0.299 e. The van der Waals surface area contributed by atoms with Crippen LogP contribution in [0.5, 0.6) is 0 Å². The Kier molecular flexibility index (Phi) is 4.88. The van der Waals surface area contributed by atoms with Crippen LogP contribution in [0.25, 0.3) is 16.9 Å². The molecule has 0 fully saturated rings. The number of benzene rings is 2. The predicted molar refractivity (Wildman–Crippen MR) is 96.0 cm³/mol. The predicted octanol–water partition coefficient (Wildman–Crippen LogP) is 4.71. The standard InChI is InChI=1S/C19H19FN4O/c1-13(2)12-21-22-18-17(15-10-6-7-11-16(15)20)23-24(19(18)25)14-8-4-3-5-9-14/h3-11,13,23H,12H2,1-2H3. The Morgan fingerprint density at radius 2 is 1.76 bits per heavy atom. The van der Waals surface area contributed by atoms with Crippen LogP contribution in [0.4, 0.5) is 10.1 Å². The molecule has 2 aromatic carbocycles. The van der Waals surface area contributed by atoms with Gasteiger partial charge < -0.3 is 0 Å². The molecule has 1 N–H and O–H groups in total. The summed E-state index contributed by atoms with van der Waals surface area (Å²) in [6.45, 7) is 4.51. The van der Waals surface area contributed by atoms with Gasteiger partial charge in [0.2, 0.25) is 0 Å². The van der Waals surface area contributed by atoms with E-state index in [1.807, 2.05) is 32.0 Å². The average Bonchev–Trinajstić information content (AvgIpc) is 2.93. The van der Waals surface area contributed by atoms with Gasteiger partial charge in [-0.3, -0.25) is 9.89 Å². The summed E-state index contributed by atoms with van der Waals surface area (Å²) in [6, 6.07) is 15.4. The fourth-order valence-electron chi connectivity index (χ4n) is 2.41. The van der Waals surface area contributed by atoms with Gasteiger partial charge in [0.25, 0.3) is 5.56 Å². The first kappa shape index (κ1) is 16.8. The number of aromatic amines is 1. The molecule has 1 aromatic heterocycles. The zero-order valence-electron chi connectivity index (χ0n) is 14.1. The quantitative estimate of drug-likeness (QED) is 0.673. The van der Waals surface area contributed by atoms with Gasteiger partial charge in [-0.15, -0.1) is 5.11 Å². The summed E-state index contributed by atoms with van der Waals surface area (Å²) in [4.78, 5) is 12.8. The highest BCUT2D eigenvalue weighted by molar-refractivity contribution is 5.72. The SMILES string of the molecule is CC(C)CN=Nc1c(-c2ccccc2F)[nH]n(-c2ccccc2)c1=O. The second-order valence-electron chi connectivity index (χ2n) is 6.11. The summed E-state index contributed by atoms with van der Waals surface area (Å²) in [5.41, 5.74) is 0.995. The van der Waals surface area contributed by atoms with Gasteiger partial charge in [-0.2, -0.15) is 5.11 Å². The molecule has 128 valence electrons. The molecule has 0 unspecified atom stereocenters. The zero-order chi connectivity index (χ0) is 17.8. The number of hydrogen-bond acceptors (Lipinski definition) is 3. The number of azo groups is 1. The number of aromatic nitrogens is 2. The summed E-state index contributed by atoms with van der Waals surface area (Å²) in [6.07, 6.45) is 0. The molecule has 25 heavy (non-hydrogen) atoms. The number of para-hydroxylation sites is 1. The Balaban J connectivity index is 2.17. The van der Waals surface area contributed by atoms with Gasteiger partial charge in [0, 0.05) is 5.56 Å². The van der Waals surface area contributed by atoms with E-state index in [1.165, 1.54) is 10.7 Å². The Labute approximate surface area is 144 Å². The van der Waals surface area contributed by atoms with Crippen molar-refractivity contribution in [2.45, 2.75) is 13.8 Å². The van der Waals surface area contributed by atoms with E-state index in [-0.39, 0.29) is 16.8 Å². The molecule has 0 aliphatic carbocycles. The van der Waals surface area contributed by atoms with Crippen LogP contribution in [-0.4, -0.2) is 16.3 Å². The lowest BCUT2D eigenvalue weighted by atomic mass is 10.1. The molecule has 5 nitrogen and oxygen atoms in total. The van der Waals surface area contributed by atoms with Crippen LogP contribution < -0.4 is 5.56 Å². The number of nitrogens with zero attached hydrogens (tertiary/aromatic N) is 3. The Morgan fingerprint density at radius 1 is 1.08 bits per heavy atom. The molecule has 0 saturated heterocycles. The van der Waals surface area contributed by atoms with E-state index in [9.17, 15) is 9.18 Å². The van der Waals surface area contributed by atoms with E-state index in [0.717, 1.165) is 0 Å². The van der Waals surface area contributed by atoms with Gasteiger partial charge in [0.05, 0.1) is 17.9 Å². The van der Waals surface area contributed by atoms with Crippen molar-refractivity contribution in [1.29, 1.82) is 0 Å². The number of H-pyrrole nitrogens is 1. The molecule has 6 heteroatoms. The lowest BCUT2D eigenvalue weighted by Gasteiger charge is -2.02. The summed E-state index contributed by atoms with van der Waals surface area (Å²) in [5.74, 6) is -0.111. The molecular formula is C19H19FN4O. The second-order valence-corrected chi connectivity index (χ2v) is 6.11. The monoisotopic (exact) mass is 338 g/mol. The minimum atomic E-state index is -0.427. The van der Waals surface area contributed by atoms with Gasteiger partial charge in [0.15, 0.2) is 5.69 Å². The molecule has 0 spiro atoms. The molecule has 0 bridgehead atoms. The molecule has 0 aliphatic heterocycles. The third-order valence-corrected chi connectivity index (χ3v) is 3.64. The van der Waals surface area contributed by atoms with E-state index >= 15 is 0 Å². The first-order valence-electron chi connectivity index (χ1n) is 8.10. The van der Waals surface area contributed by atoms with E-state index in [4.69, 9.17) is 0 Å². The van der Waals surface area contributed by atoms with Gasteiger partial charge in [-0.05, 0) is 30.2 Å². The second kappa shape index (κ2) is 7.25. The van der Waals surface area contributed by atoms with Gasteiger partial charge in [0.1, 0.15) is 5.82 Å². The summed E-state index contributed by atoms with van der Waals surface area (Å²) in [5, 5.41) is 11.2. The van der Waals surface area contributed by atoms with Crippen LogP contribution in [0.1, 0.15) is 13.8 Å². The topological polar surface area (TPSA) is 62.5 Å². The van der Waals surface area contributed by atoms with Crippen molar-refractivity contribution < 1.29 is 4.39 Å². The van der Waals surface area contributed by atoms with E-state index in [2.05, 4.69) is 15.3 Å². The van der Waals surface area contributed by atoms with Crippen LogP contribution in [0.3, 0.4) is 0 Å². The van der Waals surface area contributed by atoms with Crippen molar-refractivity contribution >= 4 is 5.69 Å². The normalized spacial score (nSPS) is 11.5. The third kappa shape index (κ3) is 3.57. The minimum absolute atomic E-state index is 0.106. The van der Waals surface area contributed by atoms with Gasteiger partial charge in [-0.1, -0.05) is 44.2 Å². The van der Waals surface area contributed by atoms with Gasteiger partial charge >= 0.3 is 0 Å². The lowest BCUT2D eigenvalue weighted by molar-refractivity contribution is 0.630. The van der Waals surface area contributed by atoms with E-state index in [1.54, 1.807) is 30.3 Å². The largest absolute Gasteiger partial charge is 0.299 e. The minimum Gasteiger partial charge on any atom is -0.288 e. The van der Waals surface area contributed by atoms with Crippen LogP contribution in [0.2, 0.25) is 0 Å². The summed E-state index contributed by atoms with van der Waals surface area (Å²) >= 11 is 0. The lowest BCUT2D eigenvalue weighted by Crippen LogP contribution is -2.13. The van der Waals surface area contributed by atoms with Crippen LogP contribution in [0.15, 0.2) is 69.6 Å². The van der Waals surface area contributed by atoms with Crippen LogP contribution in [0, 0.1) is 11.7 Å².